The molecule has 1 N–H and O–H groups in total. The van der Waals surface area contributed by atoms with Gasteiger partial charge in [-0.2, -0.15) is 0 Å². The summed E-state index contributed by atoms with van der Waals surface area (Å²) in [5, 5.41) is 12.0. The molecule has 0 aromatic carbocycles. The third kappa shape index (κ3) is 3.94. The zero-order valence-electron chi connectivity index (χ0n) is 13.3. The number of amides is 3. The van der Waals surface area contributed by atoms with Crippen LogP contribution in [0.3, 0.4) is 0 Å². The average molecular weight is 325 g/mol. The van der Waals surface area contributed by atoms with Gasteiger partial charge in [0.05, 0.1) is 0 Å². The van der Waals surface area contributed by atoms with Crippen molar-refractivity contribution in [1.82, 2.24) is 20.0 Å². The maximum Gasteiger partial charge on any atom is 0.319 e. The molecule has 0 aliphatic carbocycles. The second kappa shape index (κ2) is 7.53. The van der Waals surface area contributed by atoms with Crippen LogP contribution in [0.15, 0.2) is 0 Å². The number of hydrogen-bond acceptors (Lipinski definition) is 5. The first-order valence-corrected chi connectivity index (χ1v) is 8.51. The Kier molecular flexibility index (Phi) is 5.70. The van der Waals surface area contributed by atoms with Gasteiger partial charge < -0.3 is 15.1 Å². The molecule has 1 aromatic heterocycles. The van der Waals surface area contributed by atoms with Crippen molar-refractivity contribution in [3.8, 4) is 0 Å². The number of likely N-dealkylation sites (tertiary alicyclic amines) is 1. The van der Waals surface area contributed by atoms with Crippen LogP contribution in [0.1, 0.15) is 31.7 Å². The highest BCUT2D eigenvalue weighted by Gasteiger charge is 2.29. The lowest BCUT2D eigenvalue weighted by molar-refractivity contribution is -0.121. The van der Waals surface area contributed by atoms with Crippen LogP contribution in [0.5, 0.6) is 0 Å². The summed E-state index contributed by atoms with van der Waals surface area (Å²) in [5.41, 5.74) is 0. The molecule has 0 unspecified atom stereocenters. The number of nitrogens with one attached hydrogen (secondary N) is 1. The number of aryl methyl sites for hydroxylation is 1. The topological polar surface area (TPSA) is 78.4 Å². The van der Waals surface area contributed by atoms with Crippen molar-refractivity contribution in [2.45, 2.75) is 33.6 Å². The van der Waals surface area contributed by atoms with E-state index in [9.17, 15) is 9.59 Å². The van der Waals surface area contributed by atoms with Crippen molar-refractivity contribution in [2.24, 2.45) is 5.92 Å². The molecule has 2 heterocycles. The van der Waals surface area contributed by atoms with E-state index >= 15 is 0 Å². The van der Waals surface area contributed by atoms with Gasteiger partial charge in [-0.05, 0) is 33.6 Å². The van der Waals surface area contributed by atoms with Crippen LogP contribution in [-0.2, 0) is 4.79 Å². The summed E-state index contributed by atoms with van der Waals surface area (Å²) in [6, 6.07) is 0.0728. The summed E-state index contributed by atoms with van der Waals surface area (Å²) >= 11 is 1.37. The minimum absolute atomic E-state index is 0.0221. The molecule has 3 amide bonds. The number of hydrogen-bond donors (Lipinski definition) is 1. The Labute approximate surface area is 134 Å². The van der Waals surface area contributed by atoms with Gasteiger partial charge >= 0.3 is 6.03 Å². The van der Waals surface area contributed by atoms with Gasteiger partial charge in [0.25, 0.3) is 0 Å². The number of rotatable bonds is 4. The lowest BCUT2D eigenvalue weighted by atomic mass is 9.96. The lowest BCUT2D eigenvalue weighted by Crippen LogP contribution is -2.47. The minimum Gasteiger partial charge on any atom is -0.325 e. The first-order valence-electron chi connectivity index (χ1n) is 7.70. The fourth-order valence-electron chi connectivity index (χ4n) is 2.58. The number of anilines is 1. The fourth-order valence-corrected chi connectivity index (χ4v) is 3.18. The van der Waals surface area contributed by atoms with E-state index in [0.717, 1.165) is 5.01 Å². The Morgan fingerprint density at radius 3 is 2.41 bits per heavy atom. The predicted molar refractivity (Wildman–Crippen MR) is 85.9 cm³/mol. The molecule has 7 nitrogen and oxygen atoms in total. The lowest BCUT2D eigenvalue weighted by Gasteiger charge is -2.34. The molecule has 0 saturated carbocycles. The highest BCUT2D eigenvalue weighted by Crippen LogP contribution is 2.21. The normalized spacial score (nSPS) is 15.7. The van der Waals surface area contributed by atoms with E-state index in [2.05, 4.69) is 15.5 Å². The van der Waals surface area contributed by atoms with Crippen LogP contribution in [-0.4, -0.2) is 58.1 Å². The van der Waals surface area contributed by atoms with Gasteiger partial charge in [0, 0.05) is 32.1 Å². The van der Waals surface area contributed by atoms with Crippen LogP contribution >= 0.6 is 11.3 Å². The van der Waals surface area contributed by atoms with Crippen molar-refractivity contribution in [1.29, 1.82) is 0 Å². The Balaban J connectivity index is 1.83. The molecule has 0 radical (unpaired) electrons. The van der Waals surface area contributed by atoms with E-state index in [-0.39, 0.29) is 17.9 Å². The molecular weight excluding hydrogens is 302 g/mol. The Morgan fingerprint density at radius 1 is 1.27 bits per heavy atom. The highest BCUT2D eigenvalue weighted by molar-refractivity contribution is 7.15. The van der Waals surface area contributed by atoms with Crippen molar-refractivity contribution >= 4 is 28.4 Å². The van der Waals surface area contributed by atoms with Crippen molar-refractivity contribution in [3.05, 3.63) is 5.01 Å². The molecule has 1 aliphatic rings. The zero-order chi connectivity index (χ0) is 16.1. The summed E-state index contributed by atoms with van der Waals surface area (Å²) in [5.74, 6) is -0.0870. The molecule has 1 aromatic rings. The van der Waals surface area contributed by atoms with Crippen LogP contribution in [0.25, 0.3) is 0 Å². The zero-order valence-corrected chi connectivity index (χ0v) is 14.2. The van der Waals surface area contributed by atoms with Crippen molar-refractivity contribution < 1.29 is 9.59 Å². The molecule has 0 bridgehead atoms. The Morgan fingerprint density at radius 2 is 1.91 bits per heavy atom. The largest absolute Gasteiger partial charge is 0.325 e. The summed E-state index contributed by atoms with van der Waals surface area (Å²) in [6.45, 7) is 8.49. The number of piperidine rings is 1. The summed E-state index contributed by atoms with van der Waals surface area (Å²) in [7, 11) is 0. The molecule has 1 saturated heterocycles. The monoisotopic (exact) mass is 325 g/mol. The predicted octanol–water partition coefficient (Wildman–Crippen LogP) is 1.96. The first kappa shape index (κ1) is 16.7. The van der Waals surface area contributed by atoms with Gasteiger partial charge in [-0.25, -0.2) is 4.79 Å². The molecule has 8 heteroatoms. The standard InChI is InChI=1S/C14H23N5O2S/c1-4-18(5-2)14(21)19-8-6-11(7-9-19)12(20)15-13-17-16-10(3)22-13/h11H,4-9H2,1-3H3,(H,15,17,20). The van der Waals surface area contributed by atoms with Gasteiger partial charge in [0.1, 0.15) is 5.01 Å². The molecule has 0 spiro atoms. The summed E-state index contributed by atoms with van der Waals surface area (Å²) < 4.78 is 0. The second-order valence-electron chi connectivity index (χ2n) is 5.33. The molecule has 1 aliphatic heterocycles. The van der Waals surface area contributed by atoms with Crippen molar-refractivity contribution in [2.75, 3.05) is 31.5 Å². The minimum atomic E-state index is -0.0649. The third-order valence-corrected chi connectivity index (χ3v) is 4.68. The van der Waals surface area contributed by atoms with E-state index in [0.29, 0.717) is 44.2 Å². The van der Waals surface area contributed by atoms with Crippen LogP contribution < -0.4 is 5.32 Å². The second-order valence-corrected chi connectivity index (χ2v) is 6.51. The van der Waals surface area contributed by atoms with E-state index in [1.807, 2.05) is 30.6 Å². The van der Waals surface area contributed by atoms with Crippen LogP contribution in [0, 0.1) is 12.8 Å². The number of nitrogens with zero attached hydrogens (tertiary/aromatic N) is 4. The molecule has 2 rings (SSSR count). The third-order valence-electron chi connectivity index (χ3n) is 3.93. The number of carbonyl (C=O) groups is 2. The van der Waals surface area contributed by atoms with E-state index in [1.54, 1.807) is 0 Å². The fraction of sp³-hybridized carbons (Fsp3) is 0.714. The van der Waals surface area contributed by atoms with Gasteiger partial charge in [-0.3, -0.25) is 4.79 Å². The molecule has 122 valence electrons. The highest BCUT2D eigenvalue weighted by atomic mass is 32.1. The van der Waals surface area contributed by atoms with Crippen LogP contribution in [0.2, 0.25) is 0 Å². The van der Waals surface area contributed by atoms with Gasteiger partial charge in [0.2, 0.25) is 11.0 Å². The quantitative estimate of drug-likeness (QED) is 0.918. The van der Waals surface area contributed by atoms with E-state index in [1.165, 1.54) is 11.3 Å². The Hall–Kier alpha value is -1.70. The number of carbonyl (C=O) groups excluding carboxylic acids is 2. The summed E-state index contributed by atoms with van der Waals surface area (Å²) in [6.07, 6.45) is 1.38. The Bertz CT molecular complexity index is 521. The van der Waals surface area contributed by atoms with E-state index in [4.69, 9.17) is 0 Å². The van der Waals surface area contributed by atoms with Crippen LogP contribution in [0.4, 0.5) is 9.93 Å². The smallest absolute Gasteiger partial charge is 0.319 e. The van der Waals surface area contributed by atoms with E-state index < -0.39 is 0 Å². The van der Waals surface area contributed by atoms with Crippen molar-refractivity contribution in [3.63, 3.8) is 0 Å². The SMILES string of the molecule is CCN(CC)C(=O)N1CCC(C(=O)Nc2nnc(C)s2)CC1. The molecular formula is C14H23N5O2S. The number of urea groups is 1. The molecule has 0 atom stereocenters. The molecule has 22 heavy (non-hydrogen) atoms. The van der Waals surface area contributed by atoms with Gasteiger partial charge in [0.15, 0.2) is 0 Å². The maximum atomic E-state index is 12.3. The first-order chi connectivity index (χ1) is 10.5. The number of aromatic nitrogens is 2. The summed E-state index contributed by atoms with van der Waals surface area (Å²) in [4.78, 5) is 28.1. The van der Waals surface area contributed by atoms with Gasteiger partial charge in [-0.15, -0.1) is 10.2 Å². The van der Waals surface area contributed by atoms with Gasteiger partial charge in [-0.1, -0.05) is 11.3 Å². The molecule has 1 fully saturated rings. The maximum absolute atomic E-state index is 12.3. The average Bonchev–Trinajstić information content (AvgIpc) is 2.93.